The molecule has 126 valence electrons. The Kier molecular flexibility index (Phi) is 4.10. The highest BCUT2D eigenvalue weighted by Crippen LogP contribution is 2.28. The maximum absolute atomic E-state index is 12.7. The molecule has 0 saturated carbocycles. The molecule has 1 atom stereocenters. The molecule has 2 N–H and O–H groups in total. The van der Waals surface area contributed by atoms with Crippen LogP contribution in [0.1, 0.15) is 46.6 Å². The Labute approximate surface area is 142 Å². The van der Waals surface area contributed by atoms with Gasteiger partial charge in [0.25, 0.3) is 5.91 Å². The van der Waals surface area contributed by atoms with Crippen LogP contribution in [-0.2, 0) is 12.8 Å². The number of benzene rings is 1. The summed E-state index contributed by atoms with van der Waals surface area (Å²) in [6.45, 7) is 3.83. The first kappa shape index (κ1) is 15.4. The molecule has 24 heavy (non-hydrogen) atoms. The number of nitrogens with one attached hydrogen (secondary N) is 2. The minimum absolute atomic E-state index is 0.0332. The van der Waals surface area contributed by atoms with E-state index in [1.54, 1.807) is 0 Å². The smallest absolute Gasteiger partial charge is 0.272 e. The van der Waals surface area contributed by atoms with E-state index in [2.05, 4.69) is 29.7 Å². The van der Waals surface area contributed by atoms with Gasteiger partial charge in [0.05, 0.1) is 5.69 Å². The first-order valence-corrected chi connectivity index (χ1v) is 8.92. The van der Waals surface area contributed by atoms with Crippen molar-refractivity contribution in [3.05, 3.63) is 46.8 Å². The van der Waals surface area contributed by atoms with Crippen molar-refractivity contribution < 1.29 is 4.79 Å². The zero-order chi connectivity index (χ0) is 16.5. The van der Waals surface area contributed by atoms with Gasteiger partial charge in [0.15, 0.2) is 5.69 Å². The van der Waals surface area contributed by atoms with Gasteiger partial charge in [0, 0.05) is 23.8 Å². The number of rotatable bonds is 4. The van der Waals surface area contributed by atoms with Gasteiger partial charge < -0.3 is 10.6 Å². The number of carbonyl (C=O) groups is 1. The highest BCUT2D eigenvalue weighted by molar-refractivity contribution is 5.94. The van der Waals surface area contributed by atoms with E-state index < -0.39 is 0 Å². The van der Waals surface area contributed by atoms with Crippen molar-refractivity contribution in [2.24, 2.45) is 0 Å². The quantitative estimate of drug-likeness (QED) is 0.906. The summed E-state index contributed by atoms with van der Waals surface area (Å²) in [6.07, 6.45) is 5.37. The topological polar surface area (TPSA) is 59.0 Å². The highest BCUT2D eigenvalue weighted by Gasteiger charge is 2.27. The third-order valence-electron chi connectivity index (χ3n) is 5.16. The van der Waals surface area contributed by atoms with E-state index in [0.717, 1.165) is 43.5 Å². The van der Waals surface area contributed by atoms with E-state index in [1.165, 1.54) is 17.7 Å². The van der Waals surface area contributed by atoms with Gasteiger partial charge in [-0.2, -0.15) is 5.10 Å². The number of hydrogen-bond acceptors (Lipinski definition) is 3. The molecule has 5 heteroatoms. The van der Waals surface area contributed by atoms with Crippen molar-refractivity contribution in [3.63, 3.8) is 0 Å². The van der Waals surface area contributed by atoms with Crippen LogP contribution in [0.2, 0.25) is 0 Å². The number of nitrogens with zero attached hydrogens (tertiary/aromatic N) is 2. The second-order valence-corrected chi connectivity index (χ2v) is 6.83. The molecule has 0 radical (unpaired) electrons. The van der Waals surface area contributed by atoms with Crippen molar-refractivity contribution in [2.75, 3.05) is 13.1 Å². The van der Waals surface area contributed by atoms with Crippen molar-refractivity contribution in [2.45, 2.75) is 45.1 Å². The number of aryl methyl sites for hydroxylation is 1. The van der Waals surface area contributed by atoms with Crippen LogP contribution >= 0.6 is 0 Å². The van der Waals surface area contributed by atoms with Crippen LogP contribution in [-0.4, -0.2) is 34.8 Å². The second kappa shape index (κ2) is 6.40. The molecule has 1 unspecified atom stereocenters. The summed E-state index contributed by atoms with van der Waals surface area (Å²) in [6, 6.07) is 8.62. The molecule has 0 bridgehead atoms. The summed E-state index contributed by atoms with van der Waals surface area (Å²) >= 11 is 0. The van der Waals surface area contributed by atoms with Crippen molar-refractivity contribution in [1.82, 2.24) is 20.4 Å². The van der Waals surface area contributed by atoms with Crippen molar-refractivity contribution >= 4 is 5.91 Å². The summed E-state index contributed by atoms with van der Waals surface area (Å²) in [5.41, 5.74) is 5.20. The van der Waals surface area contributed by atoms with Gasteiger partial charge in [-0.1, -0.05) is 18.2 Å². The summed E-state index contributed by atoms with van der Waals surface area (Å²) < 4.78 is 1.99. The van der Waals surface area contributed by atoms with E-state index in [9.17, 15) is 4.79 Å². The van der Waals surface area contributed by atoms with E-state index in [0.29, 0.717) is 18.3 Å². The average molecular weight is 324 g/mol. The third-order valence-corrected chi connectivity index (χ3v) is 5.16. The first-order chi connectivity index (χ1) is 11.7. The number of carbonyl (C=O) groups excluding carboxylic acids is 1. The fraction of sp³-hybridized carbons (Fsp3) is 0.474. The molecule has 1 saturated heterocycles. The summed E-state index contributed by atoms with van der Waals surface area (Å²) in [4.78, 5) is 12.7. The van der Waals surface area contributed by atoms with Gasteiger partial charge in [-0.15, -0.1) is 0 Å². The Bertz CT molecular complexity index is 759. The minimum atomic E-state index is -0.0332. The maximum atomic E-state index is 12.7. The van der Waals surface area contributed by atoms with Crippen LogP contribution in [0, 0.1) is 6.92 Å². The summed E-state index contributed by atoms with van der Waals surface area (Å²) in [5, 5.41) is 11.2. The zero-order valence-corrected chi connectivity index (χ0v) is 14.1. The number of para-hydroxylation sites is 1. The van der Waals surface area contributed by atoms with Crippen LogP contribution in [0.15, 0.2) is 24.3 Å². The lowest BCUT2D eigenvalue weighted by Gasteiger charge is -2.11. The van der Waals surface area contributed by atoms with Gasteiger partial charge in [0.2, 0.25) is 0 Å². The predicted molar refractivity (Wildman–Crippen MR) is 93.7 cm³/mol. The Balaban J connectivity index is 1.61. The number of amides is 1. The molecule has 2 heterocycles. The Hall–Kier alpha value is -2.14. The third kappa shape index (κ3) is 2.73. The largest absolute Gasteiger partial charge is 0.349 e. The van der Waals surface area contributed by atoms with Gasteiger partial charge in [0.1, 0.15) is 0 Å². The van der Waals surface area contributed by atoms with Gasteiger partial charge in [-0.05, 0) is 57.2 Å². The lowest BCUT2D eigenvalue weighted by Crippen LogP contribution is -2.37. The van der Waals surface area contributed by atoms with E-state index in [1.807, 2.05) is 16.8 Å². The van der Waals surface area contributed by atoms with Crippen LogP contribution in [0.5, 0.6) is 0 Å². The van der Waals surface area contributed by atoms with Gasteiger partial charge in [-0.3, -0.25) is 4.79 Å². The average Bonchev–Trinajstić information content (AvgIpc) is 3.31. The van der Waals surface area contributed by atoms with E-state index >= 15 is 0 Å². The highest BCUT2D eigenvalue weighted by atomic mass is 16.2. The fourth-order valence-corrected chi connectivity index (χ4v) is 3.85. The molecule has 1 aromatic carbocycles. The van der Waals surface area contributed by atoms with Crippen LogP contribution < -0.4 is 10.6 Å². The number of fused-ring (bicyclic) bond motifs is 1. The molecule has 2 aromatic rings. The molecule has 1 fully saturated rings. The lowest BCUT2D eigenvalue weighted by atomic mass is 10.1. The fourth-order valence-electron chi connectivity index (χ4n) is 3.85. The molecule has 5 nitrogen and oxygen atoms in total. The lowest BCUT2D eigenvalue weighted by molar-refractivity contribution is 0.0944. The Morgan fingerprint density at radius 2 is 2.21 bits per heavy atom. The molecule has 1 aromatic heterocycles. The molecular weight excluding hydrogens is 300 g/mol. The molecule has 0 spiro atoms. The van der Waals surface area contributed by atoms with Crippen molar-refractivity contribution in [1.29, 1.82) is 0 Å². The minimum Gasteiger partial charge on any atom is -0.349 e. The zero-order valence-electron chi connectivity index (χ0n) is 14.1. The predicted octanol–water partition coefficient (Wildman–Crippen LogP) is 2.15. The molecular formula is C19H24N4O. The second-order valence-electron chi connectivity index (χ2n) is 6.83. The number of hydrogen-bond donors (Lipinski definition) is 2. The molecule has 1 aliphatic carbocycles. The summed E-state index contributed by atoms with van der Waals surface area (Å²) in [7, 11) is 0. The summed E-state index contributed by atoms with van der Waals surface area (Å²) in [5.74, 6) is -0.0332. The van der Waals surface area contributed by atoms with Crippen LogP contribution in [0.3, 0.4) is 0 Å². The maximum Gasteiger partial charge on any atom is 0.272 e. The van der Waals surface area contributed by atoms with E-state index in [4.69, 9.17) is 5.10 Å². The van der Waals surface area contributed by atoms with Crippen LogP contribution in [0.25, 0.3) is 5.69 Å². The van der Waals surface area contributed by atoms with Crippen LogP contribution in [0.4, 0.5) is 0 Å². The van der Waals surface area contributed by atoms with Gasteiger partial charge >= 0.3 is 0 Å². The monoisotopic (exact) mass is 324 g/mol. The molecule has 1 aliphatic heterocycles. The molecule has 4 rings (SSSR count). The standard InChI is InChI=1S/C19H24N4O/c1-13-6-2-3-9-16(13)23-17-10-4-8-15(17)18(22-23)19(24)21-12-14-7-5-11-20-14/h2-3,6,9,14,20H,4-5,7-8,10-12H2,1H3,(H,21,24). The van der Waals surface area contributed by atoms with Crippen molar-refractivity contribution in [3.8, 4) is 5.69 Å². The Morgan fingerprint density at radius 1 is 1.33 bits per heavy atom. The molecule has 2 aliphatic rings. The normalized spacial score (nSPS) is 19.5. The first-order valence-electron chi connectivity index (χ1n) is 8.92. The Morgan fingerprint density at radius 3 is 3.00 bits per heavy atom. The molecule has 1 amide bonds. The van der Waals surface area contributed by atoms with Gasteiger partial charge in [-0.25, -0.2) is 4.68 Å². The number of aromatic nitrogens is 2. The SMILES string of the molecule is Cc1ccccc1-n1nc(C(=O)NCC2CCCN2)c2c1CCC2. The van der Waals surface area contributed by atoms with E-state index in [-0.39, 0.29) is 5.91 Å².